The van der Waals surface area contributed by atoms with Crippen LogP contribution in [0.1, 0.15) is 18.4 Å². The molecule has 0 unspecified atom stereocenters. The monoisotopic (exact) mass is 268 g/mol. The molecule has 5 nitrogen and oxygen atoms in total. The fraction of sp³-hybridized carbons (Fsp3) is 0.500. The standard InChI is InChI=1S/C12H17ClN4O/c13-10-9(7-14)1-4-16-12(10)17-5-2-8(3-6-17)11(15)18/h1,4,8H,2-3,5-7,14H2,(H2,15,18). The number of aromatic nitrogens is 1. The summed E-state index contributed by atoms with van der Waals surface area (Å²) in [7, 11) is 0. The zero-order valence-electron chi connectivity index (χ0n) is 10.1. The molecule has 0 spiro atoms. The van der Waals surface area contributed by atoms with Crippen LogP contribution < -0.4 is 16.4 Å². The van der Waals surface area contributed by atoms with E-state index < -0.39 is 0 Å². The van der Waals surface area contributed by atoms with Crippen LogP contribution >= 0.6 is 11.6 Å². The molecule has 1 aromatic heterocycles. The molecular formula is C12H17ClN4O. The molecule has 0 atom stereocenters. The Labute approximate surface area is 111 Å². The zero-order chi connectivity index (χ0) is 13.1. The van der Waals surface area contributed by atoms with Crippen LogP contribution in [0.15, 0.2) is 12.3 Å². The highest BCUT2D eigenvalue weighted by Gasteiger charge is 2.25. The minimum atomic E-state index is -0.218. The summed E-state index contributed by atoms with van der Waals surface area (Å²) in [4.78, 5) is 17.5. The minimum Gasteiger partial charge on any atom is -0.369 e. The Balaban J connectivity index is 2.12. The molecule has 2 heterocycles. The molecule has 4 N–H and O–H groups in total. The number of hydrogen-bond donors (Lipinski definition) is 2. The number of nitrogens with zero attached hydrogens (tertiary/aromatic N) is 2. The summed E-state index contributed by atoms with van der Waals surface area (Å²) >= 11 is 6.27. The number of piperidine rings is 1. The second kappa shape index (κ2) is 5.54. The lowest BCUT2D eigenvalue weighted by Gasteiger charge is -2.32. The van der Waals surface area contributed by atoms with Crippen molar-refractivity contribution in [3.05, 3.63) is 22.8 Å². The molecule has 6 heteroatoms. The first-order valence-electron chi connectivity index (χ1n) is 6.01. The third-order valence-electron chi connectivity index (χ3n) is 3.37. The van der Waals surface area contributed by atoms with Crippen LogP contribution in [0.4, 0.5) is 5.82 Å². The fourth-order valence-electron chi connectivity index (χ4n) is 2.23. The number of halogens is 1. The third kappa shape index (κ3) is 2.57. The molecular weight excluding hydrogens is 252 g/mol. The van der Waals surface area contributed by atoms with E-state index in [0.29, 0.717) is 11.6 Å². The van der Waals surface area contributed by atoms with Crippen LogP contribution in [-0.2, 0) is 11.3 Å². The van der Waals surface area contributed by atoms with Crippen molar-refractivity contribution < 1.29 is 4.79 Å². The lowest BCUT2D eigenvalue weighted by Crippen LogP contribution is -2.39. The predicted octanol–water partition coefficient (Wildman–Crippen LogP) is 0.895. The Bertz CT molecular complexity index is 444. The number of anilines is 1. The summed E-state index contributed by atoms with van der Waals surface area (Å²) < 4.78 is 0. The van der Waals surface area contributed by atoms with Crippen LogP contribution in [0, 0.1) is 5.92 Å². The molecule has 1 amide bonds. The van der Waals surface area contributed by atoms with E-state index in [1.165, 1.54) is 0 Å². The molecule has 1 aliphatic rings. The second-order valence-electron chi connectivity index (χ2n) is 4.48. The fourth-order valence-corrected chi connectivity index (χ4v) is 2.53. The van der Waals surface area contributed by atoms with E-state index in [1.54, 1.807) is 6.20 Å². The van der Waals surface area contributed by atoms with Gasteiger partial charge in [0.2, 0.25) is 5.91 Å². The minimum absolute atomic E-state index is 0.0299. The van der Waals surface area contributed by atoms with E-state index in [1.807, 2.05) is 6.07 Å². The Hall–Kier alpha value is -1.33. The summed E-state index contributed by atoms with van der Waals surface area (Å²) in [6.45, 7) is 1.88. The molecule has 0 bridgehead atoms. The maximum absolute atomic E-state index is 11.1. The molecule has 0 radical (unpaired) electrons. The van der Waals surface area contributed by atoms with Crippen molar-refractivity contribution in [2.45, 2.75) is 19.4 Å². The van der Waals surface area contributed by atoms with Crippen molar-refractivity contribution in [3.8, 4) is 0 Å². The summed E-state index contributed by atoms with van der Waals surface area (Å²) in [6, 6.07) is 1.82. The van der Waals surface area contributed by atoms with Crippen molar-refractivity contribution in [1.29, 1.82) is 0 Å². The molecule has 0 aliphatic carbocycles. The average Bonchev–Trinajstić information content (AvgIpc) is 2.39. The Morgan fingerprint density at radius 3 is 2.72 bits per heavy atom. The van der Waals surface area contributed by atoms with E-state index >= 15 is 0 Å². The summed E-state index contributed by atoms with van der Waals surface area (Å²) in [5.41, 5.74) is 11.8. The molecule has 98 valence electrons. The molecule has 0 saturated carbocycles. The van der Waals surface area contributed by atoms with Crippen LogP contribution in [0.2, 0.25) is 5.02 Å². The van der Waals surface area contributed by atoms with Gasteiger partial charge in [-0.15, -0.1) is 0 Å². The Morgan fingerprint density at radius 2 is 2.17 bits per heavy atom. The number of carbonyl (C=O) groups is 1. The number of pyridine rings is 1. The maximum Gasteiger partial charge on any atom is 0.220 e. The topological polar surface area (TPSA) is 85.2 Å². The predicted molar refractivity (Wildman–Crippen MR) is 71.3 cm³/mol. The van der Waals surface area contributed by atoms with E-state index in [4.69, 9.17) is 23.1 Å². The van der Waals surface area contributed by atoms with Crippen LogP contribution in [0.3, 0.4) is 0 Å². The van der Waals surface area contributed by atoms with Crippen LogP contribution in [-0.4, -0.2) is 24.0 Å². The van der Waals surface area contributed by atoms with Gasteiger partial charge >= 0.3 is 0 Å². The van der Waals surface area contributed by atoms with Gasteiger partial charge in [0.05, 0.1) is 5.02 Å². The normalized spacial score (nSPS) is 16.9. The lowest BCUT2D eigenvalue weighted by atomic mass is 9.96. The van der Waals surface area contributed by atoms with E-state index in [-0.39, 0.29) is 11.8 Å². The van der Waals surface area contributed by atoms with Crippen molar-refractivity contribution in [3.63, 3.8) is 0 Å². The second-order valence-corrected chi connectivity index (χ2v) is 4.85. The number of hydrogen-bond acceptors (Lipinski definition) is 4. The maximum atomic E-state index is 11.1. The lowest BCUT2D eigenvalue weighted by molar-refractivity contribution is -0.122. The van der Waals surface area contributed by atoms with Crippen molar-refractivity contribution in [2.75, 3.05) is 18.0 Å². The summed E-state index contributed by atoms with van der Waals surface area (Å²) in [5.74, 6) is 0.504. The Morgan fingerprint density at radius 1 is 1.50 bits per heavy atom. The van der Waals surface area contributed by atoms with Gasteiger partial charge in [-0.1, -0.05) is 11.6 Å². The molecule has 1 fully saturated rings. The van der Waals surface area contributed by atoms with Crippen molar-refractivity contribution >= 4 is 23.3 Å². The summed E-state index contributed by atoms with van der Waals surface area (Å²) in [5, 5.41) is 0.609. The largest absolute Gasteiger partial charge is 0.369 e. The van der Waals surface area contributed by atoms with Gasteiger partial charge < -0.3 is 16.4 Å². The van der Waals surface area contributed by atoms with Gasteiger partial charge in [0.1, 0.15) is 5.82 Å². The Kier molecular flexibility index (Phi) is 4.04. The number of amides is 1. The average molecular weight is 269 g/mol. The van der Waals surface area contributed by atoms with E-state index in [0.717, 1.165) is 37.3 Å². The van der Waals surface area contributed by atoms with Gasteiger partial charge in [0.25, 0.3) is 0 Å². The number of primary amides is 1. The van der Waals surface area contributed by atoms with Gasteiger partial charge in [-0.05, 0) is 24.5 Å². The highest BCUT2D eigenvalue weighted by Crippen LogP contribution is 2.29. The van der Waals surface area contributed by atoms with Crippen LogP contribution in [0.5, 0.6) is 0 Å². The van der Waals surface area contributed by atoms with E-state index in [9.17, 15) is 4.79 Å². The van der Waals surface area contributed by atoms with E-state index in [2.05, 4.69) is 9.88 Å². The van der Waals surface area contributed by atoms with Gasteiger partial charge in [-0.25, -0.2) is 4.98 Å². The number of nitrogens with two attached hydrogens (primary N) is 2. The van der Waals surface area contributed by atoms with Gasteiger partial charge in [0, 0.05) is 31.7 Å². The summed E-state index contributed by atoms with van der Waals surface area (Å²) in [6.07, 6.45) is 3.21. The molecule has 2 rings (SSSR count). The highest BCUT2D eigenvalue weighted by molar-refractivity contribution is 6.33. The molecule has 1 aromatic rings. The quantitative estimate of drug-likeness (QED) is 0.853. The first-order chi connectivity index (χ1) is 8.63. The first kappa shape index (κ1) is 13.1. The van der Waals surface area contributed by atoms with Gasteiger partial charge in [0.15, 0.2) is 0 Å². The molecule has 1 saturated heterocycles. The first-order valence-corrected chi connectivity index (χ1v) is 6.39. The van der Waals surface area contributed by atoms with Gasteiger partial charge in [-0.2, -0.15) is 0 Å². The zero-order valence-corrected chi connectivity index (χ0v) is 10.9. The van der Waals surface area contributed by atoms with Crippen molar-refractivity contribution in [1.82, 2.24) is 4.98 Å². The molecule has 1 aliphatic heterocycles. The van der Waals surface area contributed by atoms with Crippen molar-refractivity contribution in [2.24, 2.45) is 17.4 Å². The van der Waals surface area contributed by atoms with Gasteiger partial charge in [-0.3, -0.25) is 4.79 Å². The highest BCUT2D eigenvalue weighted by atomic mass is 35.5. The number of carbonyl (C=O) groups excluding carboxylic acids is 1. The smallest absolute Gasteiger partial charge is 0.220 e. The SMILES string of the molecule is NCc1ccnc(N2CCC(C(N)=O)CC2)c1Cl. The third-order valence-corrected chi connectivity index (χ3v) is 3.78. The molecule has 0 aromatic carbocycles. The molecule has 18 heavy (non-hydrogen) atoms. The number of rotatable bonds is 3. The van der Waals surface area contributed by atoms with Crippen LogP contribution in [0.25, 0.3) is 0 Å².